The monoisotopic (exact) mass is 416 g/mol. The molecule has 1 aromatic rings. The lowest BCUT2D eigenvalue weighted by molar-refractivity contribution is -0.138. The van der Waals surface area contributed by atoms with Crippen molar-refractivity contribution in [2.24, 2.45) is 11.8 Å². The first-order valence-electron chi connectivity index (χ1n) is 10.9. The first-order chi connectivity index (χ1) is 14.5. The molecule has 3 N–H and O–H groups in total. The van der Waals surface area contributed by atoms with Gasteiger partial charge in [-0.15, -0.1) is 0 Å². The summed E-state index contributed by atoms with van der Waals surface area (Å²) in [6, 6.07) is 2.85. The smallest absolute Gasteiger partial charge is 0.305 e. The van der Waals surface area contributed by atoms with Crippen molar-refractivity contribution >= 4 is 17.8 Å². The fraction of sp³-hybridized carbons (Fsp3) is 0.636. The van der Waals surface area contributed by atoms with Crippen molar-refractivity contribution in [2.75, 3.05) is 26.2 Å². The number of pyridine rings is 1. The third-order valence-electron chi connectivity index (χ3n) is 6.15. The van der Waals surface area contributed by atoms with Gasteiger partial charge in [-0.25, -0.2) is 0 Å². The van der Waals surface area contributed by atoms with Crippen molar-refractivity contribution in [3.63, 3.8) is 0 Å². The Morgan fingerprint density at radius 3 is 2.77 bits per heavy atom. The van der Waals surface area contributed by atoms with Gasteiger partial charge in [-0.2, -0.15) is 0 Å². The van der Waals surface area contributed by atoms with Crippen molar-refractivity contribution in [1.82, 2.24) is 20.5 Å². The van der Waals surface area contributed by atoms with Gasteiger partial charge in [0, 0.05) is 31.9 Å². The molecule has 0 aliphatic carbocycles. The average molecular weight is 417 g/mol. The zero-order valence-corrected chi connectivity index (χ0v) is 17.4. The van der Waals surface area contributed by atoms with Gasteiger partial charge in [0.1, 0.15) is 0 Å². The maximum Gasteiger partial charge on any atom is 0.305 e. The van der Waals surface area contributed by atoms with Gasteiger partial charge in [-0.1, -0.05) is 6.07 Å². The molecule has 0 spiro atoms. The molecule has 164 valence electrons. The number of carbonyl (C=O) groups is 3. The van der Waals surface area contributed by atoms with E-state index in [0.717, 1.165) is 38.8 Å². The molecule has 2 aliphatic rings. The lowest BCUT2D eigenvalue weighted by Gasteiger charge is -2.33. The van der Waals surface area contributed by atoms with Gasteiger partial charge in [-0.3, -0.25) is 19.4 Å². The summed E-state index contributed by atoms with van der Waals surface area (Å²) in [5.41, 5.74) is 0.666. The molecule has 0 bridgehead atoms. The van der Waals surface area contributed by atoms with E-state index >= 15 is 0 Å². The number of hydrogen-bond acceptors (Lipinski definition) is 5. The molecular weight excluding hydrogens is 384 g/mol. The molecule has 2 atom stereocenters. The van der Waals surface area contributed by atoms with Gasteiger partial charge in [0.05, 0.1) is 18.4 Å². The molecule has 8 heteroatoms. The van der Waals surface area contributed by atoms with Crippen LogP contribution in [0.15, 0.2) is 24.5 Å². The second-order valence-electron chi connectivity index (χ2n) is 8.36. The number of hydrogen-bond donors (Lipinski definition) is 3. The number of rotatable bonds is 8. The van der Waals surface area contributed by atoms with E-state index in [-0.39, 0.29) is 24.2 Å². The number of carbonyl (C=O) groups excluding carboxylic acids is 2. The summed E-state index contributed by atoms with van der Waals surface area (Å²) in [5, 5.41) is 15.4. The maximum atomic E-state index is 12.9. The average Bonchev–Trinajstić information content (AvgIpc) is 2.78. The number of aliphatic carboxylic acids is 1. The lowest BCUT2D eigenvalue weighted by atomic mass is 9.92. The van der Waals surface area contributed by atoms with Gasteiger partial charge in [-0.05, 0) is 62.7 Å². The van der Waals surface area contributed by atoms with Gasteiger partial charge >= 0.3 is 5.97 Å². The minimum absolute atomic E-state index is 0.125. The molecule has 2 saturated heterocycles. The molecule has 1 unspecified atom stereocenters. The number of carboxylic acids is 1. The van der Waals surface area contributed by atoms with E-state index in [4.69, 9.17) is 0 Å². The van der Waals surface area contributed by atoms with E-state index in [0.29, 0.717) is 37.4 Å². The summed E-state index contributed by atoms with van der Waals surface area (Å²) < 4.78 is 0. The van der Waals surface area contributed by atoms with Crippen molar-refractivity contribution in [2.45, 2.75) is 51.0 Å². The number of aromatic nitrogens is 1. The van der Waals surface area contributed by atoms with Crippen molar-refractivity contribution in [3.05, 3.63) is 30.1 Å². The molecule has 2 fully saturated rings. The Bertz CT molecular complexity index is 721. The number of amides is 2. The molecule has 3 rings (SSSR count). The molecule has 30 heavy (non-hydrogen) atoms. The van der Waals surface area contributed by atoms with E-state index in [1.807, 2.05) is 4.90 Å². The van der Waals surface area contributed by atoms with Gasteiger partial charge in [0.25, 0.3) is 0 Å². The highest BCUT2D eigenvalue weighted by molar-refractivity contribution is 5.82. The van der Waals surface area contributed by atoms with Crippen LogP contribution in [0.1, 0.15) is 56.6 Å². The van der Waals surface area contributed by atoms with Crippen LogP contribution in [0.5, 0.6) is 0 Å². The predicted molar refractivity (Wildman–Crippen MR) is 112 cm³/mol. The van der Waals surface area contributed by atoms with Gasteiger partial charge in [0.2, 0.25) is 11.8 Å². The molecule has 2 amide bonds. The van der Waals surface area contributed by atoms with E-state index in [1.165, 1.54) is 0 Å². The maximum absolute atomic E-state index is 12.9. The normalized spacial score (nSPS) is 21.1. The van der Waals surface area contributed by atoms with Crippen molar-refractivity contribution in [3.8, 4) is 0 Å². The van der Waals surface area contributed by atoms with Crippen LogP contribution in [-0.4, -0.2) is 59.0 Å². The third kappa shape index (κ3) is 6.52. The second-order valence-corrected chi connectivity index (χ2v) is 8.36. The molecule has 0 radical (unpaired) electrons. The van der Waals surface area contributed by atoms with E-state index in [2.05, 4.69) is 15.6 Å². The van der Waals surface area contributed by atoms with Gasteiger partial charge in [0.15, 0.2) is 0 Å². The fourth-order valence-corrected chi connectivity index (χ4v) is 4.37. The van der Waals surface area contributed by atoms with Crippen LogP contribution in [0.25, 0.3) is 0 Å². The van der Waals surface area contributed by atoms with Crippen LogP contribution >= 0.6 is 0 Å². The number of nitrogens with one attached hydrogen (secondary N) is 2. The zero-order valence-electron chi connectivity index (χ0n) is 17.4. The van der Waals surface area contributed by atoms with Crippen LogP contribution in [-0.2, 0) is 14.4 Å². The molecule has 0 aromatic carbocycles. The standard InChI is InChI=1S/C22H32N4O4/c27-20(6-5-16-7-10-23-11-8-16)26-12-2-4-18(15-26)22(30)25-19(13-21(28)29)17-3-1-9-24-14-17/h1,3,9,14,16,18-19,23H,2,4-8,10-13,15H2,(H,25,30)(H,28,29)/t18-,19?/m1/s1. The predicted octanol–water partition coefficient (Wildman–Crippen LogP) is 1.73. The zero-order chi connectivity index (χ0) is 21.3. The topological polar surface area (TPSA) is 112 Å². The first-order valence-corrected chi connectivity index (χ1v) is 10.9. The van der Waals surface area contributed by atoms with Gasteiger partial charge < -0.3 is 20.6 Å². The lowest BCUT2D eigenvalue weighted by Crippen LogP contribution is -2.46. The highest BCUT2D eigenvalue weighted by Gasteiger charge is 2.30. The Morgan fingerprint density at radius 2 is 2.07 bits per heavy atom. The number of carboxylic acid groups (broad SMARTS) is 1. The summed E-state index contributed by atoms with van der Waals surface area (Å²) in [7, 11) is 0. The number of piperidine rings is 2. The van der Waals surface area contributed by atoms with Crippen LogP contribution in [0, 0.1) is 11.8 Å². The second kappa shape index (κ2) is 11.1. The third-order valence-corrected chi connectivity index (χ3v) is 6.15. The van der Waals surface area contributed by atoms with E-state index < -0.39 is 12.0 Å². The molecule has 3 heterocycles. The molecule has 0 saturated carbocycles. The SMILES string of the molecule is O=C(O)CC(NC(=O)[C@@H]1CCCN(C(=O)CCC2CCNCC2)C1)c1cccnc1. The Hall–Kier alpha value is -2.48. The summed E-state index contributed by atoms with van der Waals surface area (Å²) in [4.78, 5) is 42.7. The highest BCUT2D eigenvalue weighted by Crippen LogP contribution is 2.23. The summed E-state index contributed by atoms with van der Waals surface area (Å²) in [6.45, 7) is 3.15. The number of nitrogens with zero attached hydrogens (tertiary/aromatic N) is 2. The number of likely N-dealkylation sites (tertiary alicyclic amines) is 1. The first kappa shape index (κ1) is 22.2. The summed E-state index contributed by atoms with van der Waals surface area (Å²) in [5.74, 6) is -0.756. The van der Waals surface area contributed by atoms with Crippen molar-refractivity contribution < 1.29 is 19.5 Å². The van der Waals surface area contributed by atoms with Crippen molar-refractivity contribution in [1.29, 1.82) is 0 Å². The highest BCUT2D eigenvalue weighted by atomic mass is 16.4. The molecule has 1 aromatic heterocycles. The van der Waals surface area contributed by atoms with E-state index in [9.17, 15) is 19.5 Å². The Kier molecular flexibility index (Phi) is 8.19. The Morgan fingerprint density at radius 1 is 1.27 bits per heavy atom. The van der Waals surface area contributed by atoms with Crippen LogP contribution in [0.2, 0.25) is 0 Å². The molecule has 8 nitrogen and oxygen atoms in total. The van der Waals surface area contributed by atoms with Crippen LogP contribution < -0.4 is 10.6 Å². The quantitative estimate of drug-likeness (QED) is 0.595. The van der Waals surface area contributed by atoms with E-state index in [1.54, 1.807) is 24.5 Å². The summed E-state index contributed by atoms with van der Waals surface area (Å²) >= 11 is 0. The molecular formula is C22H32N4O4. The Labute approximate surface area is 177 Å². The minimum Gasteiger partial charge on any atom is -0.481 e. The minimum atomic E-state index is -0.984. The van der Waals surface area contributed by atoms with Crippen LogP contribution in [0.4, 0.5) is 0 Å². The summed E-state index contributed by atoms with van der Waals surface area (Å²) in [6.07, 6.45) is 8.16. The fourth-order valence-electron chi connectivity index (χ4n) is 4.37. The largest absolute Gasteiger partial charge is 0.481 e. The Balaban J connectivity index is 1.53. The van der Waals surface area contributed by atoms with Crippen LogP contribution in [0.3, 0.4) is 0 Å². The molecule has 2 aliphatic heterocycles.